The summed E-state index contributed by atoms with van der Waals surface area (Å²) in [7, 11) is 0. The minimum atomic E-state index is -0.141. The molecular formula is C67H49N5. The van der Waals surface area contributed by atoms with E-state index in [1.807, 2.05) is 24.3 Å². The van der Waals surface area contributed by atoms with Gasteiger partial charge in [-0.05, 0) is 106 Å². The van der Waals surface area contributed by atoms with E-state index >= 15 is 0 Å². The molecule has 0 amide bonds. The van der Waals surface area contributed by atoms with Gasteiger partial charge < -0.3 is 9.13 Å². The van der Waals surface area contributed by atoms with Crippen LogP contribution in [0.3, 0.4) is 0 Å². The lowest BCUT2D eigenvalue weighted by atomic mass is 9.82. The van der Waals surface area contributed by atoms with Gasteiger partial charge in [-0.2, -0.15) is 0 Å². The summed E-state index contributed by atoms with van der Waals surface area (Å²) in [5.41, 5.74) is 19.3. The molecule has 72 heavy (non-hydrogen) atoms. The topological polar surface area (TPSA) is 48.5 Å². The van der Waals surface area contributed by atoms with E-state index in [9.17, 15) is 0 Å². The van der Waals surface area contributed by atoms with Crippen molar-refractivity contribution in [2.45, 2.75) is 25.7 Å². The van der Waals surface area contributed by atoms with E-state index < -0.39 is 0 Å². The number of para-hydroxylation sites is 3. The molecule has 0 saturated heterocycles. The molecule has 3 heterocycles. The number of aromatic nitrogens is 5. The zero-order valence-corrected chi connectivity index (χ0v) is 40.2. The molecule has 0 atom stereocenters. The minimum absolute atomic E-state index is 0.141. The fourth-order valence-electron chi connectivity index (χ4n) is 11.2. The Morgan fingerprint density at radius 1 is 0.444 bits per heavy atom. The SMILES string of the molecule is C=Cc1c(/C=C\Cc2cccc(-c3nc(-c4ccccc4)nc(-c4ccc5c(c4)C(C)(C)c4ccccc4-5)n3)c2)c2ccccc2n1-c1cccc(-c2cccc3c2c2ccccc2n3-c2ccccc2)c1. The molecule has 0 saturated carbocycles. The smallest absolute Gasteiger partial charge is 0.164 e. The van der Waals surface area contributed by atoms with Gasteiger partial charge in [0.15, 0.2) is 17.5 Å². The van der Waals surface area contributed by atoms with Crippen molar-refractivity contribution in [2.75, 3.05) is 0 Å². The van der Waals surface area contributed by atoms with E-state index in [2.05, 4.69) is 242 Å². The molecule has 0 bridgehead atoms. The van der Waals surface area contributed by atoms with E-state index in [1.165, 1.54) is 55.0 Å². The van der Waals surface area contributed by atoms with Crippen molar-refractivity contribution in [2.24, 2.45) is 0 Å². The van der Waals surface area contributed by atoms with E-state index in [4.69, 9.17) is 15.0 Å². The predicted octanol–water partition coefficient (Wildman–Crippen LogP) is 16.8. The number of fused-ring (bicyclic) bond motifs is 7. The average Bonchev–Trinajstić information content (AvgIpc) is 4.03. The molecule has 0 radical (unpaired) electrons. The molecule has 3 aromatic heterocycles. The quantitative estimate of drug-likeness (QED) is 0.137. The molecule has 12 aromatic rings. The maximum Gasteiger partial charge on any atom is 0.164 e. The number of allylic oxidation sites excluding steroid dienone is 1. The van der Waals surface area contributed by atoms with Crippen LogP contribution in [-0.2, 0) is 11.8 Å². The van der Waals surface area contributed by atoms with Crippen molar-refractivity contribution in [3.8, 4) is 67.8 Å². The number of hydrogen-bond acceptors (Lipinski definition) is 3. The molecule has 9 aromatic carbocycles. The van der Waals surface area contributed by atoms with Gasteiger partial charge in [0.2, 0.25) is 0 Å². The molecule has 0 unspecified atom stereocenters. The third kappa shape index (κ3) is 7.12. The van der Waals surface area contributed by atoms with Crippen molar-refractivity contribution in [3.63, 3.8) is 0 Å². The minimum Gasteiger partial charge on any atom is -0.309 e. The highest BCUT2D eigenvalue weighted by atomic mass is 15.0. The molecule has 0 spiro atoms. The Labute approximate surface area is 419 Å². The van der Waals surface area contributed by atoms with Gasteiger partial charge in [-0.15, -0.1) is 0 Å². The maximum absolute atomic E-state index is 5.19. The first-order valence-corrected chi connectivity index (χ1v) is 24.7. The van der Waals surface area contributed by atoms with Crippen LogP contribution in [0.1, 0.15) is 41.8 Å². The van der Waals surface area contributed by atoms with Crippen LogP contribution in [0.4, 0.5) is 0 Å². The van der Waals surface area contributed by atoms with E-state index in [0.29, 0.717) is 23.9 Å². The van der Waals surface area contributed by atoms with Gasteiger partial charge in [0.25, 0.3) is 0 Å². The van der Waals surface area contributed by atoms with Crippen LogP contribution < -0.4 is 0 Å². The Morgan fingerprint density at radius 2 is 1.01 bits per heavy atom. The standard InChI is InChI=1S/C67H49N5/c1-4-59-54(55-31-12-15-36-60(55)72(59)50-29-19-25-46(42-50)51-33-20-38-62-63(51)56-32-13-16-37-61(56)71(62)49-27-9-6-10-28-49)34-18-22-44-21-17-26-47(41-44)65-68-64(45-23-7-5-8-24-45)69-66(70-65)48-39-40-53-52-30-11-14-35-57(52)67(2,3)58(53)43-48/h4-21,23-43H,1,22H2,2-3H3/b34-18-. The fourth-order valence-corrected chi connectivity index (χ4v) is 11.2. The molecule has 342 valence electrons. The lowest BCUT2D eigenvalue weighted by molar-refractivity contribution is 0.660. The first kappa shape index (κ1) is 42.9. The summed E-state index contributed by atoms with van der Waals surface area (Å²) in [6.45, 7) is 9.00. The summed E-state index contributed by atoms with van der Waals surface area (Å²) in [6, 6.07) is 77.8. The normalized spacial score (nSPS) is 12.8. The van der Waals surface area contributed by atoms with E-state index in [0.717, 1.165) is 56.0 Å². The summed E-state index contributed by atoms with van der Waals surface area (Å²) >= 11 is 0. The van der Waals surface area contributed by atoms with Crippen molar-refractivity contribution in [1.29, 1.82) is 0 Å². The first-order valence-electron chi connectivity index (χ1n) is 24.7. The summed E-state index contributed by atoms with van der Waals surface area (Å²) in [5, 5.41) is 3.64. The second-order valence-electron chi connectivity index (χ2n) is 19.2. The van der Waals surface area contributed by atoms with Gasteiger partial charge in [-0.25, -0.2) is 15.0 Å². The highest BCUT2D eigenvalue weighted by Crippen LogP contribution is 2.49. The Hall–Kier alpha value is -9.19. The largest absolute Gasteiger partial charge is 0.309 e. The highest BCUT2D eigenvalue weighted by molar-refractivity contribution is 6.16. The molecule has 5 heteroatoms. The molecule has 0 fully saturated rings. The van der Waals surface area contributed by atoms with Crippen LogP contribution in [0, 0.1) is 0 Å². The average molecular weight is 924 g/mol. The van der Waals surface area contributed by atoms with Gasteiger partial charge in [-0.3, -0.25) is 0 Å². The number of hydrogen-bond donors (Lipinski definition) is 0. The van der Waals surface area contributed by atoms with Crippen molar-refractivity contribution >= 4 is 44.9 Å². The predicted molar refractivity (Wildman–Crippen MR) is 300 cm³/mol. The lowest BCUT2D eigenvalue weighted by Gasteiger charge is -2.21. The third-order valence-electron chi connectivity index (χ3n) is 14.6. The number of rotatable bonds is 10. The summed E-state index contributed by atoms with van der Waals surface area (Å²) in [5.74, 6) is 1.95. The molecule has 0 N–H and O–H groups in total. The zero-order valence-electron chi connectivity index (χ0n) is 40.2. The second-order valence-corrected chi connectivity index (χ2v) is 19.2. The Bertz CT molecular complexity index is 4120. The zero-order chi connectivity index (χ0) is 48.3. The molecule has 1 aliphatic carbocycles. The molecular weight excluding hydrogens is 875 g/mol. The van der Waals surface area contributed by atoms with E-state index in [-0.39, 0.29) is 5.41 Å². The maximum atomic E-state index is 5.19. The highest BCUT2D eigenvalue weighted by Gasteiger charge is 2.35. The fraction of sp³-hybridized carbons (Fsp3) is 0.0597. The van der Waals surface area contributed by atoms with Crippen molar-refractivity contribution in [3.05, 3.63) is 259 Å². The van der Waals surface area contributed by atoms with Crippen LogP contribution in [0.15, 0.2) is 231 Å². The van der Waals surface area contributed by atoms with Crippen LogP contribution in [0.2, 0.25) is 0 Å². The van der Waals surface area contributed by atoms with Gasteiger partial charge in [0, 0.05) is 55.2 Å². The van der Waals surface area contributed by atoms with Crippen molar-refractivity contribution in [1.82, 2.24) is 24.1 Å². The monoisotopic (exact) mass is 923 g/mol. The Morgan fingerprint density at radius 3 is 1.81 bits per heavy atom. The van der Waals surface area contributed by atoms with Crippen LogP contribution >= 0.6 is 0 Å². The summed E-state index contributed by atoms with van der Waals surface area (Å²) < 4.78 is 4.73. The number of nitrogens with zero attached hydrogens (tertiary/aromatic N) is 5. The molecule has 13 rings (SSSR count). The first-order chi connectivity index (χ1) is 35.4. The Kier molecular flexibility index (Phi) is 10.3. The van der Waals surface area contributed by atoms with Crippen LogP contribution in [-0.4, -0.2) is 24.1 Å². The van der Waals surface area contributed by atoms with Gasteiger partial charge in [0.05, 0.1) is 22.2 Å². The summed E-state index contributed by atoms with van der Waals surface area (Å²) in [4.78, 5) is 15.4. The Balaban J connectivity index is 0.846. The summed E-state index contributed by atoms with van der Waals surface area (Å²) in [6.07, 6.45) is 7.22. The van der Waals surface area contributed by atoms with Crippen molar-refractivity contribution < 1.29 is 0 Å². The van der Waals surface area contributed by atoms with Gasteiger partial charge >= 0.3 is 0 Å². The van der Waals surface area contributed by atoms with E-state index in [1.54, 1.807) is 0 Å². The van der Waals surface area contributed by atoms with Crippen LogP contribution in [0.5, 0.6) is 0 Å². The lowest BCUT2D eigenvalue weighted by Crippen LogP contribution is -2.15. The third-order valence-corrected chi connectivity index (χ3v) is 14.6. The van der Waals surface area contributed by atoms with Gasteiger partial charge in [-0.1, -0.05) is 196 Å². The van der Waals surface area contributed by atoms with Crippen LogP contribution in [0.25, 0.3) is 113 Å². The molecule has 5 nitrogen and oxygen atoms in total. The molecule has 0 aliphatic heterocycles. The number of benzene rings is 9. The molecule has 1 aliphatic rings. The second kappa shape index (κ2) is 17.3. The van der Waals surface area contributed by atoms with Gasteiger partial charge in [0.1, 0.15) is 0 Å².